The molecule has 1 aliphatic carbocycles. The zero-order valence-electron chi connectivity index (χ0n) is 14.1. The number of esters is 1. The summed E-state index contributed by atoms with van der Waals surface area (Å²) in [6.45, 7) is 8.28. The first-order valence-electron chi connectivity index (χ1n) is 8.93. The fourth-order valence-corrected chi connectivity index (χ4v) is 3.65. The van der Waals surface area contributed by atoms with Gasteiger partial charge < -0.3 is 15.0 Å². The highest BCUT2D eigenvalue weighted by atomic mass is 16.5. The molecule has 0 radical (unpaired) electrons. The Morgan fingerprint density at radius 3 is 2.50 bits per heavy atom. The first-order valence-corrected chi connectivity index (χ1v) is 8.93. The molecule has 1 saturated carbocycles. The van der Waals surface area contributed by atoms with Crippen LogP contribution in [-0.2, 0) is 9.53 Å². The van der Waals surface area contributed by atoms with Gasteiger partial charge in [0.25, 0.3) is 0 Å². The van der Waals surface area contributed by atoms with E-state index in [9.17, 15) is 4.79 Å². The number of aliphatic imine (C=N–C) groups is 1. The van der Waals surface area contributed by atoms with Crippen molar-refractivity contribution in [1.29, 1.82) is 0 Å². The van der Waals surface area contributed by atoms with Gasteiger partial charge in [0.1, 0.15) is 0 Å². The number of likely N-dealkylation sites (tertiary alicyclic amines) is 1. The lowest BCUT2D eigenvalue weighted by Gasteiger charge is -2.22. The molecule has 1 heterocycles. The lowest BCUT2D eigenvalue weighted by Crippen LogP contribution is -2.40. The van der Waals surface area contributed by atoms with Gasteiger partial charge in [0.2, 0.25) is 0 Å². The smallest absolute Gasteiger partial charge is 0.305 e. The Kier molecular flexibility index (Phi) is 7.00. The molecule has 0 aromatic heterocycles. The molecule has 0 bridgehead atoms. The quantitative estimate of drug-likeness (QED) is 0.354. The maximum atomic E-state index is 11.3. The third-order valence-electron chi connectivity index (χ3n) is 4.72. The highest BCUT2D eigenvalue weighted by Crippen LogP contribution is 2.35. The molecule has 0 spiro atoms. The van der Waals surface area contributed by atoms with Crippen molar-refractivity contribution in [3.05, 3.63) is 0 Å². The van der Waals surface area contributed by atoms with Crippen molar-refractivity contribution in [3.63, 3.8) is 0 Å². The van der Waals surface area contributed by atoms with Gasteiger partial charge in [0, 0.05) is 32.6 Å². The van der Waals surface area contributed by atoms with Crippen molar-refractivity contribution < 1.29 is 9.53 Å². The van der Waals surface area contributed by atoms with E-state index in [4.69, 9.17) is 9.73 Å². The summed E-state index contributed by atoms with van der Waals surface area (Å²) in [5.41, 5.74) is 0. The van der Waals surface area contributed by atoms with Gasteiger partial charge in [0.15, 0.2) is 5.96 Å². The van der Waals surface area contributed by atoms with E-state index >= 15 is 0 Å². The highest BCUT2D eigenvalue weighted by molar-refractivity contribution is 5.80. The predicted octanol–water partition coefficient (Wildman–Crippen LogP) is 2.42. The van der Waals surface area contributed by atoms with E-state index in [1.54, 1.807) is 0 Å². The molecule has 22 heavy (non-hydrogen) atoms. The SMILES string of the molecule is CCNC(=NCCCC(=O)OCC)N1CC2CCCCC2C1. The number of carbonyl (C=O) groups excluding carboxylic acids is 1. The second kappa shape index (κ2) is 9.01. The molecule has 126 valence electrons. The van der Waals surface area contributed by atoms with Crippen LogP contribution in [0.1, 0.15) is 52.4 Å². The first-order chi connectivity index (χ1) is 10.7. The number of fused-ring (bicyclic) bond motifs is 1. The van der Waals surface area contributed by atoms with E-state index in [1.165, 1.54) is 25.7 Å². The number of nitrogens with zero attached hydrogens (tertiary/aromatic N) is 2. The van der Waals surface area contributed by atoms with Crippen LogP contribution >= 0.6 is 0 Å². The van der Waals surface area contributed by atoms with Gasteiger partial charge in [-0.2, -0.15) is 0 Å². The zero-order chi connectivity index (χ0) is 15.8. The maximum absolute atomic E-state index is 11.3. The summed E-state index contributed by atoms with van der Waals surface area (Å²) in [6, 6.07) is 0. The summed E-state index contributed by atoms with van der Waals surface area (Å²) in [7, 11) is 0. The van der Waals surface area contributed by atoms with E-state index in [1.807, 2.05) is 6.92 Å². The average Bonchev–Trinajstić information content (AvgIpc) is 2.94. The summed E-state index contributed by atoms with van der Waals surface area (Å²) in [4.78, 5) is 18.5. The lowest BCUT2D eigenvalue weighted by atomic mass is 9.82. The van der Waals surface area contributed by atoms with E-state index < -0.39 is 0 Å². The second-order valence-corrected chi connectivity index (χ2v) is 6.35. The molecule has 0 aromatic carbocycles. The third kappa shape index (κ3) is 4.89. The minimum absolute atomic E-state index is 0.116. The standard InChI is InChI=1S/C17H31N3O2/c1-3-18-17(19-11-7-10-16(21)22-4-2)20-12-14-8-5-6-9-15(14)13-20/h14-15H,3-13H2,1-2H3,(H,18,19). The number of nitrogens with one attached hydrogen (secondary N) is 1. The van der Waals surface area contributed by atoms with E-state index in [0.717, 1.165) is 43.9 Å². The molecule has 1 aliphatic heterocycles. The molecule has 2 rings (SSSR count). The van der Waals surface area contributed by atoms with Gasteiger partial charge in [-0.05, 0) is 44.9 Å². The van der Waals surface area contributed by atoms with Crippen molar-refractivity contribution in [1.82, 2.24) is 10.2 Å². The first kappa shape index (κ1) is 17.1. The third-order valence-corrected chi connectivity index (χ3v) is 4.72. The monoisotopic (exact) mass is 309 g/mol. The van der Waals surface area contributed by atoms with Crippen LogP contribution in [0.15, 0.2) is 4.99 Å². The number of hydrogen-bond donors (Lipinski definition) is 1. The largest absolute Gasteiger partial charge is 0.466 e. The summed E-state index contributed by atoms with van der Waals surface area (Å²) in [5.74, 6) is 2.63. The van der Waals surface area contributed by atoms with Crippen LogP contribution in [0.2, 0.25) is 0 Å². The topological polar surface area (TPSA) is 53.9 Å². The van der Waals surface area contributed by atoms with Gasteiger partial charge in [-0.1, -0.05) is 12.8 Å². The van der Waals surface area contributed by atoms with Gasteiger partial charge >= 0.3 is 5.97 Å². The number of rotatable bonds is 6. The molecular weight excluding hydrogens is 278 g/mol. The van der Waals surface area contributed by atoms with Crippen LogP contribution < -0.4 is 5.32 Å². The lowest BCUT2D eigenvalue weighted by molar-refractivity contribution is -0.143. The van der Waals surface area contributed by atoms with Crippen LogP contribution in [0.3, 0.4) is 0 Å². The van der Waals surface area contributed by atoms with Gasteiger partial charge in [-0.15, -0.1) is 0 Å². The zero-order valence-corrected chi connectivity index (χ0v) is 14.1. The normalized spacial score (nSPS) is 25.0. The van der Waals surface area contributed by atoms with Gasteiger partial charge in [-0.25, -0.2) is 0 Å². The number of ether oxygens (including phenoxy) is 1. The van der Waals surface area contributed by atoms with Crippen molar-refractivity contribution in [2.45, 2.75) is 52.4 Å². The minimum atomic E-state index is -0.116. The molecule has 2 aliphatic rings. The van der Waals surface area contributed by atoms with E-state index in [0.29, 0.717) is 19.6 Å². The van der Waals surface area contributed by atoms with Crippen LogP contribution in [0.5, 0.6) is 0 Å². The van der Waals surface area contributed by atoms with Crippen LogP contribution in [0.4, 0.5) is 0 Å². The van der Waals surface area contributed by atoms with Crippen LogP contribution in [0.25, 0.3) is 0 Å². The van der Waals surface area contributed by atoms with Crippen molar-refractivity contribution >= 4 is 11.9 Å². The highest BCUT2D eigenvalue weighted by Gasteiger charge is 2.35. The molecular formula is C17H31N3O2. The predicted molar refractivity (Wildman–Crippen MR) is 88.9 cm³/mol. The molecule has 0 amide bonds. The molecule has 2 unspecified atom stereocenters. The van der Waals surface area contributed by atoms with Gasteiger partial charge in [0.05, 0.1) is 6.61 Å². The molecule has 2 fully saturated rings. The molecule has 0 aromatic rings. The van der Waals surface area contributed by atoms with Crippen molar-refractivity contribution in [2.75, 3.05) is 32.8 Å². The van der Waals surface area contributed by atoms with Crippen molar-refractivity contribution in [2.24, 2.45) is 16.8 Å². The fraction of sp³-hybridized carbons (Fsp3) is 0.882. The van der Waals surface area contributed by atoms with Crippen LogP contribution in [0, 0.1) is 11.8 Å². The maximum Gasteiger partial charge on any atom is 0.305 e. The summed E-state index contributed by atoms with van der Waals surface area (Å²) in [5, 5.41) is 3.41. The summed E-state index contributed by atoms with van der Waals surface area (Å²) >= 11 is 0. The molecule has 1 saturated heterocycles. The average molecular weight is 309 g/mol. The molecule has 5 nitrogen and oxygen atoms in total. The Bertz CT molecular complexity index is 370. The molecule has 2 atom stereocenters. The molecule has 5 heteroatoms. The Balaban J connectivity index is 1.81. The van der Waals surface area contributed by atoms with E-state index in [2.05, 4.69) is 17.1 Å². The summed E-state index contributed by atoms with van der Waals surface area (Å²) in [6.07, 6.45) is 6.76. The van der Waals surface area contributed by atoms with E-state index in [-0.39, 0.29) is 5.97 Å². The molecule has 1 N–H and O–H groups in total. The number of carbonyl (C=O) groups is 1. The summed E-state index contributed by atoms with van der Waals surface area (Å²) < 4.78 is 4.95. The van der Waals surface area contributed by atoms with Gasteiger partial charge in [-0.3, -0.25) is 9.79 Å². The van der Waals surface area contributed by atoms with Crippen molar-refractivity contribution in [3.8, 4) is 0 Å². The van der Waals surface area contributed by atoms with Crippen LogP contribution in [-0.4, -0.2) is 49.6 Å². The minimum Gasteiger partial charge on any atom is -0.466 e. The Hall–Kier alpha value is -1.26. The number of guanidine groups is 1. The number of hydrogen-bond acceptors (Lipinski definition) is 3. The Morgan fingerprint density at radius 1 is 1.23 bits per heavy atom. The fourth-order valence-electron chi connectivity index (χ4n) is 3.65. The Labute approximate surface area is 134 Å². The second-order valence-electron chi connectivity index (χ2n) is 6.35. The Morgan fingerprint density at radius 2 is 1.91 bits per heavy atom.